The van der Waals surface area contributed by atoms with Gasteiger partial charge >= 0.3 is 0 Å². The van der Waals surface area contributed by atoms with Crippen molar-refractivity contribution in [3.63, 3.8) is 0 Å². The van der Waals surface area contributed by atoms with Crippen LogP contribution in [0.2, 0.25) is 0 Å². The van der Waals surface area contributed by atoms with E-state index >= 15 is 0 Å². The zero-order valence-electron chi connectivity index (χ0n) is 14.0. The highest BCUT2D eigenvalue weighted by atomic mass is 15.2. The molecule has 0 aliphatic carbocycles. The minimum Gasteiger partial charge on any atom is -0.311 e. The van der Waals surface area contributed by atoms with Gasteiger partial charge in [-0.05, 0) is 37.3 Å². The second-order valence-electron chi connectivity index (χ2n) is 6.93. The Morgan fingerprint density at radius 3 is 2.67 bits per heavy atom. The standard InChI is InChI=1S/C19H32N2/c1-4-5-11-21-15-18(13-17-9-7-6-8-10-17)20-14-19(21)12-16(2)3/h6-10,16,18-20H,4-5,11-15H2,1-3H3. The van der Waals surface area contributed by atoms with Gasteiger partial charge in [-0.1, -0.05) is 57.5 Å². The molecule has 2 heteroatoms. The number of hydrogen-bond donors (Lipinski definition) is 1. The molecule has 1 saturated heterocycles. The second kappa shape index (κ2) is 8.55. The number of unbranched alkanes of at least 4 members (excludes halogenated alkanes) is 1. The molecular weight excluding hydrogens is 256 g/mol. The van der Waals surface area contributed by atoms with Gasteiger partial charge < -0.3 is 5.32 Å². The van der Waals surface area contributed by atoms with E-state index < -0.39 is 0 Å². The second-order valence-corrected chi connectivity index (χ2v) is 6.93. The van der Waals surface area contributed by atoms with E-state index in [1.807, 2.05) is 0 Å². The molecule has 0 radical (unpaired) electrons. The molecule has 0 amide bonds. The van der Waals surface area contributed by atoms with Gasteiger partial charge in [-0.3, -0.25) is 4.90 Å². The first-order valence-corrected chi connectivity index (χ1v) is 8.70. The first-order chi connectivity index (χ1) is 10.2. The number of nitrogens with zero attached hydrogens (tertiary/aromatic N) is 1. The van der Waals surface area contributed by atoms with E-state index in [0.29, 0.717) is 6.04 Å². The van der Waals surface area contributed by atoms with Gasteiger partial charge in [0.15, 0.2) is 0 Å². The Hall–Kier alpha value is -0.860. The number of rotatable bonds is 7. The van der Waals surface area contributed by atoms with Gasteiger partial charge in [0, 0.05) is 25.2 Å². The first kappa shape index (κ1) is 16.5. The highest BCUT2D eigenvalue weighted by Crippen LogP contribution is 2.18. The Morgan fingerprint density at radius 2 is 2.00 bits per heavy atom. The van der Waals surface area contributed by atoms with Crippen molar-refractivity contribution < 1.29 is 0 Å². The minimum atomic E-state index is 0.604. The van der Waals surface area contributed by atoms with E-state index in [0.717, 1.165) is 24.9 Å². The van der Waals surface area contributed by atoms with Crippen LogP contribution in [0, 0.1) is 5.92 Å². The molecule has 2 rings (SSSR count). The van der Waals surface area contributed by atoms with E-state index in [9.17, 15) is 0 Å². The Bertz CT molecular complexity index is 388. The molecule has 1 N–H and O–H groups in total. The average Bonchev–Trinajstić information content (AvgIpc) is 2.48. The summed E-state index contributed by atoms with van der Waals surface area (Å²) in [5.74, 6) is 0.784. The third kappa shape index (κ3) is 5.44. The summed E-state index contributed by atoms with van der Waals surface area (Å²) in [4.78, 5) is 2.74. The molecule has 2 unspecified atom stereocenters. The molecule has 1 aromatic carbocycles. The van der Waals surface area contributed by atoms with Crippen LogP contribution in [0.25, 0.3) is 0 Å². The van der Waals surface area contributed by atoms with E-state index in [-0.39, 0.29) is 0 Å². The van der Waals surface area contributed by atoms with Crippen LogP contribution >= 0.6 is 0 Å². The molecule has 1 heterocycles. The van der Waals surface area contributed by atoms with Crippen molar-refractivity contribution in [2.45, 2.75) is 58.5 Å². The number of piperazine rings is 1. The molecule has 0 spiro atoms. The predicted molar refractivity (Wildman–Crippen MR) is 91.7 cm³/mol. The summed E-state index contributed by atoms with van der Waals surface area (Å²) in [6, 6.07) is 12.2. The van der Waals surface area contributed by atoms with E-state index in [1.54, 1.807) is 0 Å². The molecule has 0 bridgehead atoms. The van der Waals surface area contributed by atoms with Crippen molar-refractivity contribution in [2.75, 3.05) is 19.6 Å². The lowest BCUT2D eigenvalue weighted by Crippen LogP contribution is -2.57. The van der Waals surface area contributed by atoms with Crippen LogP contribution in [-0.2, 0) is 6.42 Å². The zero-order valence-corrected chi connectivity index (χ0v) is 14.0. The van der Waals surface area contributed by atoms with Crippen LogP contribution in [-0.4, -0.2) is 36.6 Å². The Kier molecular flexibility index (Phi) is 6.72. The maximum atomic E-state index is 3.79. The fourth-order valence-corrected chi connectivity index (χ4v) is 3.38. The quantitative estimate of drug-likeness (QED) is 0.822. The number of nitrogens with one attached hydrogen (secondary N) is 1. The number of hydrogen-bond acceptors (Lipinski definition) is 2. The third-order valence-electron chi connectivity index (χ3n) is 4.48. The van der Waals surface area contributed by atoms with Crippen LogP contribution < -0.4 is 5.32 Å². The normalized spacial score (nSPS) is 23.6. The van der Waals surface area contributed by atoms with Gasteiger partial charge in [-0.15, -0.1) is 0 Å². The van der Waals surface area contributed by atoms with Crippen LogP contribution in [0.3, 0.4) is 0 Å². The maximum Gasteiger partial charge on any atom is 0.0236 e. The van der Waals surface area contributed by atoms with Crippen LogP contribution in [0.5, 0.6) is 0 Å². The maximum absolute atomic E-state index is 3.79. The molecule has 0 aromatic heterocycles. The van der Waals surface area contributed by atoms with Crippen molar-refractivity contribution in [3.8, 4) is 0 Å². The monoisotopic (exact) mass is 288 g/mol. The summed E-state index contributed by atoms with van der Waals surface area (Å²) in [6.45, 7) is 10.6. The lowest BCUT2D eigenvalue weighted by Gasteiger charge is -2.41. The molecule has 2 nitrogen and oxygen atoms in total. The van der Waals surface area contributed by atoms with Gasteiger partial charge in [-0.25, -0.2) is 0 Å². The molecule has 1 aliphatic rings. The molecule has 21 heavy (non-hydrogen) atoms. The highest BCUT2D eigenvalue weighted by Gasteiger charge is 2.27. The molecule has 1 fully saturated rings. The smallest absolute Gasteiger partial charge is 0.0236 e. The van der Waals surface area contributed by atoms with Crippen molar-refractivity contribution in [3.05, 3.63) is 35.9 Å². The van der Waals surface area contributed by atoms with Gasteiger partial charge in [0.05, 0.1) is 0 Å². The van der Waals surface area contributed by atoms with Crippen LogP contribution in [0.15, 0.2) is 30.3 Å². The van der Waals surface area contributed by atoms with Crippen LogP contribution in [0.4, 0.5) is 0 Å². The third-order valence-corrected chi connectivity index (χ3v) is 4.48. The lowest BCUT2D eigenvalue weighted by molar-refractivity contribution is 0.112. The Labute approximate surface area is 130 Å². The SMILES string of the molecule is CCCCN1CC(Cc2ccccc2)NCC1CC(C)C. The topological polar surface area (TPSA) is 15.3 Å². The lowest BCUT2D eigenvalue weighted by atomic mass is 9.96. The van der Waals surface area contributed by atoms with E-state index in [1.165, 1.54) is 37.9 Å². The number of benzene rings is 1. The molecule has 2 atom stereocenters. The van der Waals surface area contributed by atoms with Crippen molar-refractivity contribution in [1.29, 1.82) is 0 Å². The van der Waals surface area contributed by atoms with Gasteiger partial charge in [-0.2, -0.15) is 0 Å². The molecule has 1 aromatic rings. The van der Waals surface area contributed by atoms with E-state index in [4.69, 9.17) is 0 Å². The molecular formula is C19H32N2. The van der Waals surface area contributed by atoms with Gasteiger partial charge in [0.2, 0.25) is 0 Å². The molecule has 1 aliphatic heterocycles. The highest BCUT2D eigenvalue weighted by molar-refractivity contribution is 5.16. The largest absolute Gasteiger partial charge is 0.311 e. The fraction of sp³-hybridized carbons (Fsp3) is 0.684. The summed E-state index contributed by atoms with van der Waals surface area (Å²) in [5, 5.41) is 3.79. The van der Waals surface area contributed by atoms with Crippen molar-refractivity contribution >= 4 is 0 Å². The zero-order chi connectivity index (χ0) is 15.1. The average molecular weight is 288 g/mol. The molecule has 118 valence electrons. The summed E-state index contributed by atoms with van der Waals surface area (Å²) in [5.41, 5.74) is 1.45. The molecule has 0 saturated carbocycles. The van der Waals surface area contributed by atoms with Gasteiger partial charge in [0.1, 0.15) is 0 Å². The summed E-state index contributed by atoms with van der Waals surface area (Å²) < 4.78 is 0. The summed E-state index contributed by atoms with van der Waals surface area (Å²) >= 11 is 0. The van der Waals surface area contributed by atoms with Crippen molar-refractivity contribution in [1.82, 2.24) is 10.2 Å². The minimum absolute atomic E-state index is 0.604. The first-order valence-electron chi connectivity index (χ1n) is 8.70. The van der Waals surface area contributed by atoms with Gasteiger partial charge in [0.25, 0.3) is 0 Å². The van der Waals surface area contributed by atoms with E-state index in [2.05, 4.69) is 61.3 Å². The van der Waals surface area contributed by atoms with Crippen molar-refractivity contribution in [2.24, 2.45) is 5.92 Å². The summed E-state index contributed by atoms with van der Waals surface area (Å²) in [6.07, 6.45) is 5.08. The summed E-state index contributed by atoms with van der Waals surface area (Å²) in [7, 11) is 0. The fourth-order valence-electron chi connectivity index (χ4n) is 3.38. The Balaban J connectivity index is 1.92. The predicted octanol–water partition coefficient (Wildman–Crippen LogP) is 3.72. The Morgan fingerprint density at radius 1 is 1.24 bits per heavy atom. The van der Waals surface area contributed by atoms with Crippen LogP contribution in [0.1, 0.15) is 45.6 Å².